The maximum atomic E-state index is 13.0. The molecule has 4 aromatic rings. The summed E-state index contributed by atoms with van der Waals surface area (Å²) in [4.78, 5) is 19.8. The molecule has 2 aromatic carbocycles. The Balaban J connectivity index is 1.47. The van der Waals surface area contributed by atoms with Crippen LogP contribution in [-0.4, -0.2) is 32.0 Å². The first-order chi connectivity index (χ1) is 18.7. The zero-order valence-electron chi connectivity index (χ0n) is 22.5. The van der Waals surface area contributed by atoms with Crippen molar-refractivity contribution in [2.75, 3.05) is 11.9 Å². The highest BCUT2D eigenvalue weighted by Gasteiger charge is 2.41. The molecule has 0 aliphatic carbocycles. The minimum atomic E-state index is -0.158. The number of aryl methyl sites for hydroxylation is 3. The topological polar surface area (TPSA) is 62.2 Å². The first-order valence-electron chi connectivity index (χ1n) is 13.0. The first kappa shape index (κ1) is 26.9. The van der Waals surface area contributed by atoms with Gasteiger partial charge in [0.1, 0.15) is 0 Å². The average molecular weight is 558 g/mol. The van der Waals surface area contributed by atoms with E-state index in [1.165, 1.54) is 0 Å². The predicted octanol–water partition coefficient (Wildman–Crippen LogP) is 6.76. The molecule has 2 N–H and O–H groups in total. The van der Waals surface area contributed by atoms with Crippen LogP contribution in [0.3, 0.4) is 0 Å². The molecule has 3 heterocycles. The van der Waals surface area contributed by atoms with Gasteiger partial charge in [-0.3, -0.25) is 9.78 Å². The number of nitrogens with one attached hydrogen (secondary N) is 2. The molecular formula is C31H32ClN5OS. The van der Waals surface area contributed by atoms with Crippen molar-refractivity contribution in [1.29, 1.82) is 0 Å². The second-order valence-corrected chi connectivity index (χ2v) is 10.9. The van der Waals surface area contributed by atoms with Gasteiger partial charge in [0.15, 0.2) is 5.11 Å². The SMILES string of the molecule is Cc1ccc(C)c(NC(=O)CCN2C(=S)N[C@H](c3ccccn3)[C@H]2c2cc(C)n(-c3cccc(Cl)c3)c2C)c1. The van der Waals surface area contributed by atoms with Crippen molar-refractivity contribution < 1.29 is 4.79 Å². The van der Waals surface area contributed by atoms with Crippen LogP contribution in [0.2, 0.25) is 5.02 Å². The Morgan fingerprint density at radius 2 is 1.87 bits per heavy atom. The number of benzene rings is 2. The van der Waals surface area contributed by atoms with Crippen molar-refractivity contribution in [3.8, 4) is 5.69 Å². The van der Waals surface area contributed by atoms with E-state index in [4.69, 9.17) is 23.8 Å². The van der Waals surface area contributed by atoms with Crippen LogP contribution in [0.1, 0.15) is 52.3 Å². The molecule has 2 atom stereocenters. The fourth-order valence-corrected chi connectivity index (χ4v) is 5.91. The summed E-state index contributed by atoms with van der Waals surface area (Å²) in [5, 5.41) is 7.88. The Morgan fingerprint density at radius 3 is 2.62 bits per heavy atom. The van der Waals surface area contributed by atoms with Gasteiger partial charge in [-0.25, -0.2) is 0 Å². The molecule has 1 aliphatic rings. The van der Waals surface area contributed by atoms with Crippen molar-refractivity contribution in [2.24, 2.45) is 0 Å². The lowest BCUT2D eigenvalue weighted by Crippen LogP contribution is -2.33. The summed E-state index contributed by atoms with van der Waals surface area (Å²) in [5.41, 5.74) is 8.21. The molecular weight excluding hydrogens is 526 g/mol. The summed E-state index contributed by atoms with van der Waals surface area (Å²) in [6.45, 7) is 8.70. The number of hydrogen-bond donors (Lipinski definition) is 2. The van der Waals surface area contributed by atoms with E-state index in [0.717, 1.165) is 45.1 Å². The molecule has 0 unspecified atom stereocenters. The number of rotatable bonds is 7. The molecule has 2 aromatic heterocycles. The van der Waals surface area contributed by atoms with E-state index >= 15 is 0 Å². The van der Waals surface area contributed by atoms with Crippen molar-refractivity contribution in [2.45, 2.75) is 46.2 Å². The molecule has 1 amide bonds. The number of aromatic nitrogens is 2. The number of pyridine rings is 1. The molecule has 1 saturated heterocycles. The van der Waals surface area contributed by atoms with Crippen molar-refractivity contribution >= 4 is 40.5 Å². The quantitative estimate of drug-likeness (QED) is 0.246. The molecule has 1 fully saturated rings. The summed E-state index contributed by atoms with van der Waals surface area (Å²) in [7, 11) is 0. The van der Waals surface area contributed by atoms with Crippen LogP contribution < -0.4 is 10.6 Å². The first-order valence-corrected chi connectivity index (χ1v) is 13.8. The third kappa shape index (κ3) is 5.56. The van der Waals surface area contributed by atoms with Gasteiger partial charge in [0.2, 0.25) is 5.91 Å². The summed E-state index contributed by atoms with van der Waals surface area (Å²) in [6, 6.07) is 21.7. The van der Waals surface area contributed by atoms with Crippen LogP contribution in [-0.2, 0) is 4.79 Å². The van der Waals surface area contributed by atoms with Gasteiger partial charge in [0.25, 0.3) is 0 Å². The van der Waals surface area contributed by atoms with Gasteiger partial charge in [-0.2, -0.15) is 0 Å². The van der Waals surface area contributed by atoms with Crippen LogP contribution in [0.4, 0.5) is 5.69 Å². The lowest BCUT2D eigenvalue weighted by atomic mass is 9.96. The molecule has 1 aliphatic heterocycles. The number of anilines is 1. The number of thiocarbonyl (C=S) groups is 1. The molecule has 39 heavy (non-hydrogen) atoms. The van der Waals surface area contributed by atoms with E-state index in [-0.39, 0.29) is 18.0 Å². The molecule has 8 heteroatoms. The number of carbonyl (C=O) groups is 1. The van der Waals surface area contributed by atoms with Crippen LogP contribution in [0.25, 0.3) is 5.69 Å². The van der Waals surface area contributed by atoms with E-state index in [1.54, 1.807) is 6.20 Å². The normalized spacial score (nSPS) is 16.8. The Labute approximate surface area is 240 Å². The zero-order chi connectivity index (χ0) is 27.7. The van der Waals surface area contributed by atoms with Gasteiger partial charge in [-0.1, -0.05) is 35.9 Å². The zero-order valence-corrected chi connectivity index (χ0v) is 24.1. The molecule has 5 rings (SSSR count). The fourth-order valence-electron chi connectivity index (χ4n) is 5.39. The second-order valence-electron chi connectivity index (χ2n) is 10.1. The van der Waals surface area contributed by atoms with Crippen molar-refractivity contribution in [1.82, 2.24) is 19.8 Å². The predicted molar refractivity (Wildman–Crippen MR) is 162 cm³/mol. The second kappa shape index (κ2) is 11.2. The van der Waals surface area contributed by atoms with Crippen molar-refractivity contribution in [3.05, 3.63) is 112 Å². The van der Waals surface area contributed by atoms with Gasteiger partial charge < -0.3 is 20.1 Å². The van der Waals surface area contributed by atoms with Crippen LogP contribution in [0.15, 0.2) is 72.9 Å². The molecule has 0 bridgehead atoms. The van der Waals surface area contributed by atoms with E-state index in [9.17, 15) is 4.79 Å². The van der Waals surface area contributed by atoms with E-state index < -0.39 is 0 Å². The highest BCUT2D eigenvalue weighted by Crippen LogP contribution is 2.41. The van der Waals surface area contributed by atoms with Crippen molar-refractivity contribution in [3.63, 3.8) is 0 Å². The van der Waals surface area contributed by atoms with E-state index in [2.05, 4.69) is 51.1 Å². The summed E-state index contributed by atoms with van der Waals surface area (Å²) in [5.74, 6) is -0.0454. The molecule has 200 valence electrons. The van der Waals surface area contributed by atoms with E-state index in [1.807, 2.05) is 68.4 Å². The third-order valence-electron chi connectivity index (χ3n) is 7.30. The Bertz CT molecular complexity index is 1530. The number of carbonyl (C=O) groups excluding carboxylic acids is 1. The fraction of sp³-hybridized carbons (Fsp3) is 0.258. The highest BCUT2D eigenvalue weighted by molar-refractivity contribution is 7.80. The van der Waals surface area contributed by atoms with Crippen LogP contribution >= 0.6 is 23.8 Å². The maximum absolute atomic E-state index is 13.0. The Kier molecular flexibility index (Phi) is 7.73. The lowest BCUT2D eigenvalue weighted by molar-refractivity contribution is -0.116. The largest absolute Gasteiger partial charge is 0.352 e. The van der Waals surface area contributed by atoms with Gasteiger partial charge in [0.05, 0.1) is 17.8 Å². The number of hydrogen-bond acceptors (Lipinski definition) is 3. The molecule has 0 saturated carbocycles. The summed E-state index contributed by atoms with van der Waals surface area (Å²) < 4.78 is 2.21. The molecule has 0 spiro atoms. The number of amides is 1. The minimum absolute atomic E-state index is 0.0454. The summed E-state index contributed by atoms with van der Waals surface area (Å²) >= 11 is 12.2. The van der Waals surface area contributed by atoms with Gasteiger partial charge in [0, 0.05) is 46.9 Å². The van der Waals surface area contributed by atoms with Gasteiger partial charge in [-0.05, 0) is 99.1 Å². The van der Waals surface area contributed by atoms with Crippen LogP contribution in [0, 0.1) is 27.7 Å². The Morgan fingerprint density at radius 1 is 1.05 bits per heavy atom. The Hall–Kier alpha value is -3.68. The van der Waals surface area contributed by atoms with Crippen LogP contribution in [0.5, 0.6) is 0 Å². The number of nitrogens with zero attached hydrogens (tertiary/aromatic N) is 3. The monoisotopic (exact) mass is 557 g/mol. The molecule has 6 nitrogen and oxygen atoms in total. The lowest BCUT2D eigenvalue weighted by Gasteiger charge is -2.28. The number of halogens is 1. The highest BCUT2D eigenvalue weighted by atomic mass is 35.5. The summed E-state index contributed by atoms with van der Waals surface area (Å²) in [6.07, 6.45) is 2.10. The van der Waals surface area contributed by atoms with Gasteiger partial charge >= 0.3 is 0 Å². The van der Waals surface area contributed by atoms with E-state index in [0.29, 0.717) is 23.1 Å². The standard InChI is InChI=1S/C31H32ClN5OS/c1-19-11-12-20(2)27(16-19)34-28(38)13-15-36-30(29(35-31(36)39)26-10-5-6-14-33-26)25-17-21(3)37(22(25)4)24-9-7-8-23(32)18-24/h5-12,14,16-18,29-30H,13,15H2,1-4H3,(H,34,38)(H,35,39)/t29-,30-/m1/s1. The maximum Gasteiger partial charge on any atom is 0.226 e. The molecule has 0 radical (unpaired) electrons. The van der Waals surface area contributed by atoms with Gasteiger partial charge in [-0.15, -0.1) is 0 Å². The smallest absolute Gasteiger partial charge is 0.226 e. The minimum Gasteiger partial charge on any atom is -0.352 e. The average Bonchev–Trinajstić information content (AvgIpc) is 3.39. The third-order valence-corrected chi connectivity index (χ3v) is 7.89.